The maximum Gasteiger partial charge on any atom is 0.280 e. The number of fused-ring (bicyclic) bond motifs is 1. The summed E-state index contributed by atoms with van der Waals surface area (Å²) in [4.78, 5) is 26.0. The standard InChI is InChI=1S/C25H30N6O2/c1-16-8-17(9-26-2)4-6-21(16)22-11-28-31(25(22)33)23-7-5-18(10-27-23)24(32)30-14-19-12-29(3)13-20(19)15-30/h4-8,10-11,19-20,24,28,32H,2,9,12-15H2,1,3H3. The largest absolute Gasteiger partial charge is 0.374 e. The fourth-order valence-electron chi connectivity index (χ4n) is 5.35. The zero-order valence-corrected chi connectivity index (χ0v) is 19.1. The predicted octanol–water partition coefficient (Wildman–Crippen LogP) is 2.22. The van der Waals surface area contributed by atoms with E-state index >= 15 is 0 Å². The molecule has 0 saturated carbocycles. The summed E-state index contributed by atoms with van der Waals surface area (Å²) in [7, 11) is 2.16. The minimum atomic E-state index is -0.676. The fraction of sp³-hybridized carbons (Fsp3) is 0.400. The molecule has 0 amide bonds. The number of rotatable bonds is 6. The number of pyridine rings is 1. The van der Waals surface area contributed by atoms with Crippen LogP contribution in [0.5, 0.6) is 0 Å². The summed E-state index contributed by atoms with van der Waals surface area (Å²) >= 11 is 0. The third-order valence-electron chi connectivity index (χ3n) is 6.99. The second-order valence-corrected chi connectivity index (χ2v) is 9.38. The van der Waals surface area contributed by atoms with Crippen LogP contribution in [0.1, 0.15) is 22.9 Å². The highest BCUT2D eigenvalue weighted by molar-refractivity contribution is 5.66. The third kappa shape index (κ3) is 4.06. The molecular formula is C25H30N6O2. The van der Waals surface area contributed by atoms with Crippen molar-refractivity contribution in [1.82, 2.24) is 24.6 Å². The minimum Gasteiger partial charge on any atom is -0.374 e. The Morgan fingerprint density at radius 1 is 1.18 bits per heavy atom. The number of nitrogens with one attached hydrogen (secondary N) is 1. The Hall–Kier alpha value is -3.07. The molecule has 8 nitrogen and oxygen atoms in total. The van der Waals surface area contributed by atoms with Gasteiger partial charge in [0.05, 0.1) is 12.1 Å². The number of hydrogen-bond donors (Lipinski definition) is 2. The molecule has 33 heavy (non-hydrogen) atoms. The first-order valence-electron chi connectivity index (χ1n) is 11.3. The van der Waals surface area contributed by atoms with Crippen molar-refractivity contribution >= 4 is 6.72 Å². The van der Waals surface area contributed by atoms with E-state index in [0.717, 1.165) is 48.4 Å². The minimum absolute atomic E-state index is 0.162. The molecule has 3 atom stereocenters. The molecule has 0 aliphatic carbocycles. The Morgan fingerprint density at radius 2 is 1.94 bits per heavy atom. The summed E-state index contributed by atoms with van der Waals surface area (Å²) in [6, 6.07) is 9.56. The number of H-pyrrole nitrogens is 1. The molecule has 8 heteroatoms. The third-order valence-corrected chi connectivity index (χ3v) is 6.99. The van der Waals surface area contributed by atoms with Crippen LogP contribution >= 0.6 is 0 Å². The molecular weight excluding hydrogens is 416 g/mol. The summed E-state index contributed by atoms with van der Waals surface area (Å²) in [6.07, 6.45) is 2.69. The van der Waals surface area contributed by atoms with Crippen LogP contribution in [0.25, 0.3) is 16.9 Å². The van der Waals surface area contributed by atoms with Gasteiger partial charge >= 0.3 is 0 Å². The van der Waals surface area contributed by atoms with Gasteiger partial charge in [0.25, 0.3) is 5.56 Å². The van der Waals surface area contributed by atoms with E-state index in [0.29, 0.717) is 29.8 Å². The molecule has 3 aromatic rings. The number of aliphatic hydroxyl groups is 1. The number of aromatic amines is 1. The van der Waals surface area contributed by atoms with Crippen molar-refractivity contribution in [3.8, 4) is 16.9 Å². The number of benzene rings is 1. The fourth-order valence-corrected chi connectivity index (χ4v) is 5.35. The van der Waals surface area contributed by atoms with E-state index in [1.807, 2.05) is 31.2 Å². The highest BCUT2D eigenvalue weighted by Gasteiger charge is 2.40. The van der Waals surface area contributed by atoms with Crippen LogP contribution < -0.4 is 5.56 Å². The van der Waals surface area contributed by atoms with Crippen molar-refractivity contribution < 1.29 is 5.11 Å². The molecule has 4 heterocycles. The van der Waals surface area contributed by atoms with Crippen LogP contribution in [0.4, 0.5) is 0 Å². The predicted molar refractivity (Wildman–Crippen MR) is 129 cm³/mol. The maximum absolute atomic E-state index is 13.1. The van der Waals surface area contributed by atoms with Gasteiger partial charge in [0.2, 0.25) is 0 Å². The molecule has 3 unspecified atom stereocenters. The van der Waals surface area contributed by atoms with Crippen LogP contribution in [0.2, 0.25) is 0 Å². The number of nitrogens with zero attached hydrogens (tertiary/aromatic N) is 5. The van der Waals surface area contributed by atoms with E-state index in [9.17, 15) is 9.90 Å². The van der Waals surface area contributed by atoms with Crippen molar-refractivity contribution in [2.45, 2.75) is 19.7 Å². The number of aliphatic imine (C=N–C) groups is 1. The molecule has 0 radical (unpaired) electrons. The first-order chi connectivity index (χ1) is 15.9. The van der Waals surface area contributed by atoms with Crippen molar-refractivity contribution in [2.24, 2.45) is 16.8 Å². The van der Waals surface area contributed by atoms with Gasteiger partial charge in [0.15, 0.2) is 5.82 Å². The van der Waals surface area contributed by atoms with Crippen molar-refractivity contribution in [2.75, 3.05) is 33.2 Å². The molecule has 2 fully saturated rings. The molecule has 2 N–H and O–H groups in total. The molecule has 0 bridgehead atoms. The summed E-state index contributed by atoms with van der Waals surface area (Å²) in [5, 5.41) is 13.9. The molecule has 2 aromatic heterocycles. The van der Waals surface area contributed by atoms with Crippen LogP contribution in [0.15, 0.2) is 52.5 Å². The zero-order chi connectivity index (χ0) is 23.1. The second-order valence-electron chi connectivity index (χ2n) is 9.38. The van der Waals surface area contributed by atoms with Crippen molar-refractivity contribution in [1.29, 1.82) is 0 Å². The Labute approximate surface area is 193 Å². The van der Waals surface area contributed by atoms with Crippen molar-refractivity contribution in [3.05, 3.63) is 69.8 Å². The topological polar surface area (TPSA) is 89.8 Å². The summed E-state index contributed by atoms with van der Waals surface area (Å²) in [6.45, 7) is 10.1. The number of likely N-dealkylation sites (tertiary alicyclic amines) is 2. The van der Waals surface area contributed by atoms with Crippen LogP contribution in [-0.4, -0.2) is 69.6 Å². The van der Waals surface area contributed by atoms with E-state index in [1.54, 1.807) is 18.5 Å². The lowest BCUT2D eigenvalue weighted by Gasteiger charge is -2.25. The molecule has 2 aliphatic heterocycles. The first-order valence-corrected chi connectivity index (χ1v) is 11.3. The van der Waals surface area contributed by atoms with E-state index in [4.69, 9.17) is 0 Å². The molecule has 1 aromatic carbocycles. The average molecular weight is 447 g/mol. The normalized spacial score (nSPS) is 21.9. The van der Waals surface area contributed by atoms with E-state index in [1.165, 1.54) is 4.68 Å². The molecule has 2 saturated heterocycles. The lowest BCUT2D eigenvalue weighted by Crippen LogP contribution is -2.30. The Morgan fingerprint density at radius 3 is 2.58 bits per heavy atom. The van der Waals surface area contributed by atoms with Crippen molar-refractivity contribution in [3.63, 3.8) is 0 Å². The molecule has 5 rings (SSSR count). The second kappa shape index (κ2) is 8.70. The van der Waals surface area contributed by atoms with E-state index < -0.39 is 6.23 Å². The van der Waals surface area contributed by atoms with Crippen LogP contribution in [0.3, 0.4) is 0 Å². The highest BCUT2D eigenvalue weighted by Crippen LogP contribution is 2.34. The van der Waals surface area contributed by atoms with Gasteiger partial charge in [0.1, 0.15) is 6.23 Å². The average Bonchev–Trinajstić information content (AvgIpc) is 3.46. The number of aromatic nitrogens is 3. The first kappa shape index (κ1) is 21.8. The van der Waals surface area contributed by atoms with Crippen LogP contribution in [-0.2, 0) is 6.54 Å². The van der Waals surface area contributed by atoms with Gasteiger partial charge in [-0.25, -0.2) is 9.67 Å². The monoisotopic (exact) mass is 446 g/mol. The maximum atomic E-state index is 13.1. The molecule has 172 valence electrons. The summed E-state index contributed by atoms with van der Waals surface area (Å²) < 4.78 is 1.43. The Balaban J connectivity index is 1.34. The zero-order valence-electron chi connectivity index (χ0n) is 19.1. The van der Waals surface area contributed by atoms with E-state index in [-0.39, 0.29) is 5.56 Å². The van der Waals surface area contributed by atoms with Gasteiger partial charge in [-0.3, -0.25) is 19.8 Å². The SMILES string of the molecule is C=NCc1ccc(-c2c[nH]n(-c3ccc(C(O)N4CC5CN(C)CC5C4)cn3)c2=O)c(C)c1. The molecule has 0 spiro atoms. The van der Waals surface area contributed by atoms with Gasteiger partial charge in [-0.2, -0.15) is 0 Å². The van der Waals surface area contributed by atoms with Gasteiger partial charge < -0.3 is 10.0 Å². The Bertz CT molecular complexity index is 1200. The van der Waals surface area contributed by atoms with Gasteiger partial charge in [-0.05, 0) is 61.3 Å². The van der Waals surface area contributed by atoms with E-state index in [2.05, 4.69) is 38.6 Å². The van der Waals surface area contributed by atoms with Gasteiger partial charge in [0, 0.05) is 44.1 Å². The lowest BCUT2D eigenvalue weighted by atomic mass is 10.0. The molecule has 2 aliphatic rings. The highest BCUT2D eigenvalue weighted by atomic mass is 16.3. The van der Waals surface area contributed by atoms with Gasteiger partial charge in [-0.1, -0.05) is 18.2 Å². The Kier molecular flexibility index (Phi) is 5.74. The number of aryl methyl sites for hydroxylation is 1. The lowest BCUT2D eigenvalue weighted by molar-refractivity contribution is 0.0115. The number of hydrogen-bond acceptors (Lipinski definition) is 6. The van der Waals surface area contributed by atoms with Gasteiger partial charge in [-0.15, -0.1) is 0 Å². The summed E-state index contributed by atoms with van der Waals surface area (Å²) in [5.41, 5.74) is 4.11. The summed E-state index contributed by atoms with van der Waals surface area (Å²) in [5.74, 6) is 1.74. The smallest absolute Gasteiger partial charge is 0.280 e. The quantitative estimate of drug-likeness (QED) is 0.567. The van der Waals surface area contributed by atoms with Crippen LogP contribution in [0, 0.1) is 18.8 Å². The number of aliphatic hydroxyl groups excluding tert-OH is 1.